The minimum Gasteiger partial charge on any atom is -0.379 e. The second-order valence-corrected chi connectivity index (χ2v) is 12.5. The molecule has 7 heteroatoms. The molecule has 1 unspecified atom stereocenters. The van der Waals surface area contributed by atoms with Gasteiger partial charge in [0.2, 0.25) is 0 Å². The molecule has 0 bridgehead atoms. The Bertz CT molecular complexity index is 1080. The molecule has 2 aromatic carbocycles. The predicted octanol–water partition coefficient (Wildman–Crippen LogP) is 4.77. The maximum atomic E-state index is 6.61. The molecule has 0 amide bonds. The zero-order valence-electron chi connectivity index (χ0n) is 17.7. The van der Waals surface area contributed by atoms with Gasteiger partial charge in [-0.05, 0) is 23.8 Å². The zero-order valence-corrected chi connectivity index (χ0v) is 19.4. The lowest BCUT2D eigenvalue weighted by atomic mass is 9.84. The molecular formula is C23H27N4OPS. The Kier molecular flexibility index (Phi) is 4.86. The number of para-hydroxylation sites is 2. The Morgan fingerprint density at radius 2 is 1.67 bits per heavy atom. The molecule has 0 aliphatic carbocycles. The van der Waals surface area contributed by atoms with Crippen molar-refractivity contribution in [2.45, 2.75) is 19.3 Å². The SMILES string of the molecule is CN1/C(=C2/C=NN(c3ccccc3)P2(=S)N2CCOCC2)C(C)(C)c2ccccc21. The summed E-state index contributed by atoms with van der Waals surface area (Å²) in [5.74, 6) is 0. The monoisotopic (exact) mass is 438 g/mol. The molecule has 3 aliphatic rings. The number of rotatable bonds is 2. The normalized spacial score (nSPS) is 28.2. The maximum Gasteiger partial charge on any atom is 0.154 e. The topological polar surface area (TPSA) is 31.3 Å². The number of likely N-dealkylation sites (N-methyl/N-ethyl adjacent to an activating group) is 1. The van der Waals surface area contributed by atoms with Crippen LogP contribution in [0.4, 0.5) is 11.4 Å². The van der Waals surface area contributed by atoms with Crippen molar-refractivity contribution in [2.24, 2.45) is 5.10 Å². The Hall–Kier alpha value is -1.98. The number of fused-ring (bicyclic) bond motifs is 1. The molecular weight excluding hydrogens is 411 g/mol. The lowest BCUT2D eigenvalue weighted by molar-refractivity contribution is 0.0748. The van der Waals surface area contributed by atoms with Crippen molar-refractivity contribution >= 4 is 35.7 Å². The van der Waals surface area contributed by atoms with E-state index in [9.17, 15) is 0 Å². The van der Waals surface area contributed by atoms with Crippen LogP contribution in [0.15, 0.2) is 70.7 Å². The van der Waals surface area contributed by atoms with Crippen molar-refractivity contribution in [1.82, 2.24) is 4.67 Å². The highest BCUT2D eigenvalue weighted by Crippen LogP contribution is 2.67. The van der Waals surface area contributed by atoms with Gasteiger partial charge in [-0.3, -0.25) is 0 Å². The molecule has 1 fully saturated rings. The quantitative estimate of drug-likeness (QED) is 0.631. The van der Waals surface area contributed by atoms with Crippen LogP contribution in [-0.4, -0.2) is 44.2 Å². The lowest BCUT2D eigenvalue weighted by Gasteiger charge is -2.41. The summed E-state index contributed by atoms with van der Waals surface area (Å²) in [7, 11) is 2.16. The van der Waals surface area contributed by atoms with Crippen LogP contribution in [0.5, 0.6) is 0 Å². The third-order valence-electron chi connectivity index (χ3n) is 6.33. The number of benzene rings is 2. The number of anilines is 2. The number of morpholine rings is 1. The largest absolute Gasteiger partial charge is 0.379 e. The second-order valence-electron chi connectivity index (χ2n) is 8.41. The molecule has 30 heavy (non-hydrogen) atoms. The Labute approximate surface area is 183 Å². The summed E-state index contributed by atoms with van der Waals surface area (Å²) in [6.45, 7) is 7.69. The van der Waals surface area contributed by atoms with Gasteiger partial charge in [-0.1, -0.05) is 62.1 Å². The molecule has 0 radical (unpaired) electrons. The molecule has 3 aliphatic heterocycles. The molecule has 5 rings (SSSR count). The van der Waals surface area contributed by atoms with Gasteiger partial charge < -0.3 is 9.64 Å². The van der Waals surface area contributed by atoms with Gasteiger partial charge in [0.05, 0.1) is 30.4 Å². The molecule has 0 N–H and O–H groups in total. The van der Waals surface area contributed by atoms with E-state index in [1.54, 1.807) is 0 Å². The van der Waals surface area contributed by atoms with E-state index in [0.29, 0.717) is 13.2 Å². The first kappa shape index (κ1) is 20.0. The minimum atomic E-state index is -2.35. The fraction of sp³-hybridized carbons (Fsp3) is 0.348. The van der Waals surface area contributed by atoms with E-state index in [4.69, 9.17) is 21.6 Å². The number of nitrogens with zero attached hydrogens (tertiary/aromatic N) is 4. The van der Waals surface area contributed by atoms with Crippen LogP contribution < -0.4 is 9.68 Å². The second kappa shape index (κ2) is 7.31. The van der Waals surface area contributed by atoms with Crippen molar-refractivity contribution in [3.8, 4) is 0 Å². The van der Waals surface area contributed by atoms with Crippen molar-refractivity contribution in [1.29, 1.82) is 0 Å². The van der Waals surface area contributed by atoms with E-state index < -0.39 is 6.34 Å². The lowest BCUT2D eigenvalue weighted by Crippen LogP contribution is -2.38. The molecule has 5 nitrogen and oxygen atoms in total. The number of hydrogen-bond donors (Lipinski definition) is 0. The molecule has 2 aromatic rings. The summed E-state index contributed by atoms with van der Waals surface area (Å²) in [4.78, 5) is 2.33. The van der Waals surface area contributed by atoms with Gasteiger partial charge in [0.1, 0.15) is 0 Å². The van der Waals surface area contributed by atoms with Gasteiger partial charge in [-0.2, -0.15) is 5.10 Å². The van der Waals surface area contributed by atoms with Gasteiger partial charge >= 0.3 is 0 Å². The molecule has 0 spiro atoms. The van der Waals surface area contributed by atoms with E-state index in [-0.39, 0.29) is 5.41 Å². The van der Waals surface area contributed by atoms with E-state index >= 15 is 0 Å². The average molecular weight is 439 g/mol. The van der Waals surface area contributed by atoms with Gasteiger partial charge in [0.25, 0.3) is 0 Å². The molecule has 1 saturated heterocycles. The average Bonchev–Trinajstić information content (AvgIpc) is 3.21. The fourth-order valence-corrected chi connectivity index (χ4v) is 9.19. The Morgan fingerprint density at radius 3 is 2.37 bits per heavy atom. The van der Waals surface area contributed by atoms with Gasteiger partial charge in [0, 0.05) is 36.9 Å². The molecule has 3 heterocycles. The van der Waals surface area contributed by atoms with Crippen molar-refractivity contribution in [3.63, 3.8) is 0 Å². The van der Waals surface area contributed by atoms with Crippen LogP contribution >= 0.6 is 6.34 Å². The summed E-state index contributed by atoms with van der Waals surface area (Å²) in [5, 5.41) is 6.10. The number of ether oxygens (including phenoxy) is 1. The molecule has 0 aromatic heterocycles. The van der Waals surface area contributed by atoms with Gasteiger partial charge in [0.15, 0.2) is 6.34 Å². The van der Waals surface area contributed by atoms with Gasteiger partial charge in [-0.15, -0.1) is 0 Å². The summed E-state index contributed by atoms with van der Waals surface area (Å²) in [5.41, 5.74) is 4.76. The maximum absolute atomic E-state index is 6.61. The number of hydrogen-bond acceptors (Lipinski definition) is 4. The number of hydrazone groups is 1. The summed E-state index contributed by atoms with van der Waals surface area (Å²) >= 11 is 6.61. The van der Waals surface area contributed by atoms with Crippen molar-refractivity contribution < 1.29 is 4.74 Å². The zero-order chi connectivity index (χ0) is 20.9. The van der Waals surface area contributed by atoms with Crippen molar-refractivity contribution in [2.75, 3.05) is 43.0 Å². The van der Waals surface area contributed by atoms with Crippen LogP contribution in [0, 0.1) is 0 Å². The predicted molar refractivity (Wildman–Crippen MR) is 129 cm³/mol. The minimum absolute atomic E-state index is 0.143. The van der Waals surface area contributed by atoms with Crippen LogP contribution in [0.25, 0.3) is 0 Å². The highest BCUT2D eigenvalue weighted by atomic mass is 32.4. The van der Waals surface area contributed by atoms with Crippen molar-refractivity contribution in [3.05, 3.63) is 71.2 Å². The van der Waals surface area contributed by atoms with E-state index in [1.807, 2.05) is 12.3 Å². The number of allylic oxidation sites excluding steroid dienone is 2. The smallest absolute Gasteiger partial charge is 0.154 e. The first-order chi connectivity index (χ1) is 14.5. The Balaban J connectivity index is 1.72. The first-order valence-electron chi connectivity index (χ1n) is 10.4. The third kappa shape index (κ3) is 2.82. The fourth-order valence-electron chi connectivity index (χ4n) is 4.89. The van der Waals surface area contributed by atoms with Crippen LogP contribution in [-0.2, 0) is 22.0 Å². The molecule has 156 valence electrons. The van der Waals surface area contributed by atoms with Crippen LogP contribution in [0.2, 0.25) is 0 Å². The van der Waals surface area contributed by atoms with Crippen LogP contribution in [0.3, 0.4) is 0 Å². The highest BCUT2D eigenvalue weighted by molar-refractivity contribution is 8.16. The van der Waals surface area contributed by atoms with E-state index in [2.05, 4.69) is 83.8 Å². The summed E-state index contributed by atoms with van der Waals surface area (Å²) < 4.78 is 10.2. The molecule has 1 atom stereocenters. The summed E-state index contributed by atoms with van der Waals surface area (Å²) in [6, 6.07) is 19.0. The van der Waals surface area contributed by atoms with Crippen LogP contribution in [0.1, 0.15) is 19.4 Å². The van der Waals surface area contributed by atoms with E-state index in [1.165, 1.54) is 22.3 Å². The molecule has 0 saturated carbocycles. The first-order valence-corrected chi connectivity index (χ1v) is 13.1. The Morgan fingerprint density at radius 1 is 1.00 bits per heavy atom. The third-order valence-corrected chi connectivity index (χ3v) is 11.0. The summed E-state index contributed by atoms with van der Waals surface area (Å²) in [6.07, 6.45) is -0.316. The highest BCUT2D eigenvalue weighted by Gasteiger charge is 2.48. The van der Waals surface area contributed by atoms with Gasteiger partial charge in [-0.25, -0.2) is 9.45 Å². The van der Waals surface area contributed by atoms with E-state index in [0.717, 1.165) is 18.8 Å². The standard InChI is InChI=1S/C23H27N4OPS/c1-23(2)19-11-7-8-12-20(19)25(3)22(23)21-17-24-27(18-9-5-4-6-10-18)29(21,30)26-13-15-28-16-14-26/h4-12,17H,13-16H2,1-3H3/b22-21-.